The highest BCUT2D eigenvalue weighted by Crippen LogP contribution is 2.57. The number of hydrogen-bond acceptors (Lipinski definition) is 7. The van der Waals surface area contributed by atoms with Crippen LogP contribution in [0.2, 0.25) is 0 Å². The van der Waals surface area contributed by atoms with E-state index >= 15 is 0 Å². The molecule has 0 radical (unpaired) electrons. The van der Waals surface area contributed by atoms with Crippen LogP contribution in [-0.4, -0.2) is 37.9 Å². The Balaban J connectivity index is 1.84. The van der Waals surface area contributed by atoms with Crippen molar-refractivity contribution in [2.24, 2.45) is 11.1 Å². The summed E-state index contributed by atoms with van der Waals surface area (Å²) in [5.41, 5.74) is 9.51. The minimum absolute atomic E-state index is 0.0357. The van der Waals surface area contributed by atoms with Crippen LogP contribution in [0.15, 0.2) is 65.1 Å². The number of ketones is 1. The molecule has 1 atom stereocenters. The average molecular weight is 529 g/mol. The van der Waals surface area contributed by atoms with Crippen molar-refractivity contribution in [3.63, 3.8) is 0 Å². The van der Waals surface area contributed by atoms with Crippen LogP contribution < -0.4 is 20.9 Å². The molecule has 2 aromatic carbocycles. The molecule has 3 N–H and O–H groups in total. The second-order valence-corrected chi connectivity index (χ2v) is 11.3. The lowest BCUT2D eigenvalue weighted by Crippen LogP contribution is -2.54. The van der Waals surface area contributed by atoms with Crippen molar-refractivity contribution in [1.82, 2.24) is 0 Å². The SMILES string of the molecule is CCN(CC)c1ccc(N2C(N)=C(C(=O)OC)C3(C(=O)Nc4ccc(C)cc43)C3=C2CC(C)(C)CC3=O)cc1. The monoisotopic (exact) mass is 528 g/mol. The van der Waals surface area contributed by atoms with E-state index in [1.165, 1.54) is 7.11 Å². The molecule has 1 aliphatic carbocycles. The lowest BCUT2D eigenvalue weighted by atomic mass is 9.60. The normalized spacial score (nSPS) is 21.6. The van der Waals surface area contributed by atoms with Gasteiger partial charge in [0.1, 0.15) is 16.8 Å². The number of nitrogens with zero attached hydrogens (tertiary/aromatic N) is 2. The number of amides is 1. The fourth-order valence-electron chi connectivity index (χ4n) is 6.45. The lowest BCUT2D eigenvalue weighted by molar-refractivity contribution is -0.138. The molecule has 0 fully saturated rings. The van der Waals surface area contributed by atoms with E-state index < -0.39 is 17.3 Å². The lowest BCUT2D eigenvalue weighted by Gasteiger charge is -2.47. The van der Waals surface area contributed by atoms with Gasteiger partial charge in [-0.15, -0.1) is 0 Å². The Labute approximate surface area is 229 Å². The van der Waals surface area contributed by atoms with Crippen LogP contribution in [0.3, 0.4) is 0 Å². The molecule has 204 valence electrons. The van der Waals surface area contributed by atoms with E-state index in [0.717, 1.165) is 24.3 Å². The zero-order valence-corrected chi connectivity index (χ0v) is 23.5. The van der Waals surface area contributed by atoms with Crippen LogP contribution >= 0.6 is 0 Å². The average Bonchev–Trinajstić information content (AvgIpc) is 3.15. The van der Waals surface area contributed by atoms with Gasteiger partial charge in [0, 0.05) is 53.4 Å². The summed E-state index contributed by atoms with van der Waals surface area (Å²) in [5, 5.41) is 2.93. The second kappa shape index (κ2) is 9.29. The molecule has 1 amide bonds. The summed E-state index contributed by atoms with van der Waals surface area (Å²) < 4.78 is 5.24. The number of esters is 1. The number of rotatable bonds is 5. The zero-order chi connectivity index (χ0) is 28.3. The van der Waals surface area contributed by atoms with E-state index in [-0.39, 0.29) is 29.0 Å². The van der Waals surface area contributed by atoms with E-state index in [4.69, 9.17) is 10.5 Å². The van der Waals surface area contributed by atoms with Crippen LogP contribution in [0.4, 0.5) is 17.1 Å². The first-order valence-corrected chi connectivity index (χ1v) is 13.4. The minimum atomic E-state index is -1.70. The number of benzene rings is 2. The smallest absolute Gasteiger partial charge is 0.339 e. The fraction of sp³-hybridized carbons (Fsp3) is 0.387. The molecule has 5 rings (SSSR count). The summed E-state index contributed by atoms with van der Waals surface area (Å²) in [4.78, 5) is 45.8. The van der Waals surface area contributed by atoms with Gasteiger partial charge in [0.2, 0.25) is 5.91 Å². The van der Waals surface area contributed by atoms with Crippen LogP contribution in [0.1, 0.15) is 51.7 Å². The molecule has 2 aliphatic heterocycles. The molecular weight excluding hydrogens is 492 g/mol. The maximum absolute atomic E-state index is 14.1. The number of Topliss-reactive ketones (excluding diaryl/α,β-unsaturated/α-hetero) is 1. The minimum Gasteiger partial charge on any atom is -0.466 e. The molecule has 0 saturated heterocycles. The molecule has 3 aliphatic rings. The molecule has 0 bridgehead atoms. The van der Waals surface area contributed by atoms with Crippen molar-refractivity contribution in [3.05, 3.63) is 76.3 Å². The predicted octanol–water partition coefficient (Wildman–Crippen LogP) is 4.54. The van der Waals surface area contributed by atoms with Crippen molar-refractivity contribution in [2.75, 3.05) is 35.3 Å². The Morgan fingerprint density at radius 3 is 2.36 bits per heavy atom. The number of allylic oxidation sites excluding steroid dienone is 1. The summed E-state index contributed by atoms with van der Waals surface area (Å²) in [6.45, 7) is 11.9. The van der Waals surface area contributed by atoms with Gasteiger partial charge in [-0.2, -0.15) is 0 Å². The number of carbonyl (C=O) groups is 3. The van der Waals surface area contributed by atoms with E-state index in [1.54, 1.807) is 11.0 Å². The van der Waals surface area contributed by atoms with Gasteiger partial charge in [-0.3, -0.25) is 14.5 Å². The third kappa shape index (κ3) is 3.84. The van der Waals surface area contributed by atoms with Crippen molar-refractivity contribution < 1.29 is 19.1 Å². The number of nitrogens with one attached hydrogen (secondary N) is 1. The number of anilines is 3. The van der Waals surface area contributed by atoms with Gasteiger partial charge in [-0.25, -0.2) is 4.79 Å². The maximum Gasteiger partial charge on any atom is 0.339 e. The zero-order valence-electron chi connectivity index (χ0n) is 23.5. The van der Waals surface area contributed by atoms with E-state index in [1.807, 2.05) is 57.2 Å². The highest BCUT2D eigenvalue weighted by Gasteiger charge is 2.63. The van der Waals surface area contributed by atoms with Gasteiger partial charge in [-0.05, 0) is 62.9 Å². The number of aryl methyl sites for hydroxylation is 1. The summed E-state index contributed by atoms with van der Waals surface area (Å²) in [6, 6.07) is 13.4. The molecule has 1 spiro atoms. The number of ether oxygens (including phenoxy) is 1. The summed E-state index contributed by atoms with van der Waals surface area (Å²) in [6.07, 6.45) is 0.738. The second-order valence-electron chi connectivity index (χ2n) is 11.3. The molecule has 39 heavy (non-hydrogen) atoms. The van der Waals surface area contributed by atoms with Gasteiger partial charge in [-0.1, -0.05) is 31.5 Å². The number of fused-ring (bicyclic) bond motifs is 3. The van der Waals surface area contributed by atoms with Crippen LogP contribution in [0, 0.1) is 12.3 Å². The maximum atomic E-state index is 14.1. The van der Waals surface area contributed by atoms with Gasteiger partial charge < -0.3 is 20.7 Å². The largest absolute Gasteiger partial charge is 0.466 e. The molecule has 2 aromatic rings. The van der Waals surface area contributed by atoms with Crippen molar-refractivity contribution >= 4 is 34.7 Å². The first-order chi connectivity index (χ1) is 18.5. The summed E-state index contributed by atoms with van der Waals surface area (Å²) in [5.74, 6) is -1.30. The Kier molecular flexibility index (Phi) is 6.32. The molecular formula is C31H36N4O4. The summed E-state index contributed by atoms with van der Waals surface area (Å²) >= 11 is 0. The van der Waals surface area contributed by atoms with E-state index in [0.29, 0.717) is 34.6 Å². The third-order valence-electron chi connectivity index (χ3n) is 8.16. The first-order valence-electron chi connectivity index (χ1n) is 13.4. The molecule has 0 aromatic heterocycles. The molecule has 8 heteroatoms. The topological polar surface area (TPSA) is 105 Å². The highest BCUT2D eigenvalue weighted by atomic mass is 16.5. The van der Waals surface area contributed by atoms with Gasteiger partial charge in [0.25, 0.3) is 0 Å². The predicted molar refractivity (Wildman–Crippen MR) is 152 cm³/mol. The molecule has 2 heterocycles. The van der Waals surface area contributed by atoms with Crippen molar-refractivity contribution in [2.45, 2.75) is 52.9 Å². The number of hydrogen-bond donors (Lipinski definition) is 2. The van der Waals surface area contributed by atoms with E-state index in [9.17, 15) is 14.4 Å². The number of methoxy groups -OCH3 is 1. The Morgan fingerprint density at radius 2 is 1.74 bits per heavy atom. The molecule has 0 saturated carbocycles. The molecule has 1 unspecified atom stereocenters. The van der Waals surface area contributed by atoms with Crippen LogP contribution in [-0.2, 0) is 24.5 Å². The molecule has 8 nitrogen and oxygen atoms in total. The third-order valence-corrected chi connectivity index (χ3v) is 8.16. The highest BCUT2D eigenvalue weighted by molar-refractivity contribution is 6.23. The van der Waals surface area contributed by atoms with Crippen molar-refractivity contribution in [3.8, 4) is 0 Å². The first kappa shape index (κ1) is 26.5. The van der Waals surface area contributed by atoms with Gasteiger partial charge in [0.05, 0.1) is 7.11 Å². The Hall–Kier alpha value is -4.07. The quantitative estimate of drug-likeness (QED) is 0.549. The fourth-order valence-corrected chi connectivity index (χ4v) is 6.45. The van der Waals surface area contributed by atoms with Gasteiger partial charge >= 0.3 is 5.97 Å². The summed E-state index contributed by atoms with van der Waals surface area (Å²) in [7, 11) is 1.26. The van der Waals surface area contributed by atoms with Crippen molar-refractivity contribution in [1.29, 1.82) is 0 Å². The van der Waals surface area contributed by atoms with Gasteiger partial charge in [0.15, 0.2) is 5.78 Å². The van der Waals surface area contributed by atoms with Crippen LogP contribution in [0.25, 0.3) is 0 Å². The van der Waals surface area contributed by atoms with Crippen LogP contribution in [0.5, 0.6) is 0 Å². The Morgan fingerprint density at radius 1 is 1.08 bits per heavy atom. The van der Waals surface area contributed by atoms with E-state index in [2.05, 4.69) is 24.1 Å². The standard InChI is InChI=1S/C31H36N4O4/c1-7-34(8-2)19-10-12-20(13-11-19)35-23-16-30(4,5)17-24(36)25(23)31(26(27(35)32)28(37)39-6)21-15-18(3)9-14-22(21)33-29(31)38/h9-15H,7-8,16-17,32H2,1-6H3,(H,33,38). The number of carbonyl (C=O) groups excluding carboxylic acids is 3. The Bertz CT molecular complexity index is 1450. The number of nitrogens with two attached hydrogens (primary N) is 1.